The summed E-state index contributed by atoms with van der Waals surface area (Å²) in [7, 11) is 3.94. The van der Waals surface area contributed by atoms with Crippen molar-refractivity contribution in [3.8, 4) is 0 Å². The van der Waals surface area contributed by atoms with Crippen LogP contribution in [0.15, 0.2) is 0 Å². The molecule has 0 fully saturated rings. The predicted octanol–water partition coefficient (Wildman–Crippen LogP) is 2.51. The molecule has 0 amide bonds. The van der Waals surface area contributed by atoms with Crippen molar-refractivity contribution in [2.24, 2.45) is 0 Å². The topological polar surface area (TPSA) is 24.5 Å². The highest BCUT2D eigenvalue weighted by molar-refractivity contribution is 4.62. The molecule has 0 spiro atoms. The highest BCUT2D eigenvalue weighted by Gasteiger charge is 2.02. The van der Waals surface area contributed by atoms with Crippen LogP contribution in [0.1, 0.15) is 46.0 Å². The average Bonchev–Trinajstić information content (AvgIpc) is 2.30. The largest absolute Gasteiger partial charge is 0.385 e. The Morgan fingerprint density at radius 1 is 1.18 bits per heavy atom. The molecular formula is C14H32N2O. The Balaban J connectivity index is 3.29. The summed E-state index contributed by atoms with van der Waals surface area (Å²) in [5, 5.41) is 3.59. The minimum absolute atomic E-state index is 0.661. The number of hydrogen-bond acceptors (Lipinski definition) is 3. The van der Waals surface area contributed by atoms with Gasteiger partial charge in [-0.3, -0.25) is 0 Å². The van der Waals surface area contributed by atoms with E-state index in [4.69, 9.17) is 4.74 Å². The summed E-state index contributed by atoms with van der Waals surface area (Å²) in [6.07, 6.45) is 6.46. The number of rotatable bonds is 12. The summed E-state index contributed by atoms with van der Waals surface area (Å²) in [5.74, 6) is 0. The number of methoxy groups -OCH3 is 1. The second kappa shape index (κ2) is 12.3. The van der Waals surface area contributed by atoms with Gasteiger partial charge in [-0.25, -0.2) is 0 Å². The van der Waals surface area contributed by atoms with Gasteiger partial charge in [-0.05, 0) is 26.8 Å². The van der Waals surface area contributed by atoms with Crippen LogP contribution in [0.3, 0.4) is 0 Å². The maximum atomic E-state index is 5.05. The fourth-order valence-electron chi connectivity index (χ4n) is 1.90. The predicted molar refractivity (Wildman–Crippen MR) is 75.6 cm³/mol. The molecule has 0 bridgehead atoms. The van der Waals surface area contributed by atoms with E-state index in [-0.39, 0.29) is 0 Å². The molecule has 0 rings (SSSR count). The maximum Gasteiger partial charge on any atom is 0.0474 e. The monoisotopic (exact) mass is 244 g/mol. The normalized spacial score (nSPS) is 13.2. The van der Waals surface area contributed by atoms with Gasteiger partial charge in [0.25, 0.3) is 0 Å². The Morgan fingerprint density at radius 3 is 2.59 bits per heavy atom. The zero-order valence-electron chi connectivity index (χ0n) is 12.3. The lowest BCUT2D eigenvalue weighted by Crippen LogP contribution is -2.34. The molecule has 0 aromatic heterocycles. The molecule has 0 aliphatic heterocycles. The lowest BCUT2D eigenvalue weighted by atomic mass is 10.1. The van der Waals surface area contributed by atoms with Gasteiger partial charge in [0, 0.05) is 39.4 Å². The van der Waals surface area contributed by atoms with Gasteiger partial charge in [-0.2, -0.15) is 0 Å². The van der Waals surface area contributed by atoms with Gasteiger partial charge in [-0.15, -0.1) is 0 Å². The highest BCUT2D eigenvalue weighted by atomic mass is 16.5. The molecule has 0 aliphatic rings. The molecule has 0 aromatic carbocycles. The van der Waals surface area contributed by atoms with Crippen molar-refractivity contribution in [2.45, 2.75) is 52.0 Å². The third kappa shape index (κ3) is 12.1. The van der Waals surface area contributed by atoms with E-state index in [9.17, 15) is 0 Å². The van der Waals surface area contributed by atoms with Gasteiger partial charge in [0.2, 0.25) is 0 Å². The molecule has 104 valence electrons. The summed E-state index contributed by atoms with van der Waals surface area (Å²) in [6.45, 7) is 8.76. The van der Waals surface area contributed by atoms with E-state index in [1.807, 2.05) is 0 Å². The van der Waals surface area contributed by atoms with Crippen LogP contribution in [0.25, 0.3) is 0 Å². The number of unbranched alkanes of at least 4 members (excludes halogenated alkanes) is 2. The van der Waals surface area contributed by atoms with Crippen LogP contribution in [-0.4, -0.2) is 51.3 Å². The van der Waals surface area contributed by atoms with E-state index < -0.39 is 0 Å². The molecule has 0 aliphatic carbocycles. The Morgan fingerprint density at radius 2 is 1.94 bits per heavy atom. The van der Waals surface area contributed by atoms with E-state index in [0.717, 1.165) is 32.7 Å². The third-order valence-electron chi connectivity index (χ3n) is 3.12. The SMILES string of the molecule is CCCCCC(C)NCCN(C)CCCOC. The van der Waals surface area contributed by atoms with Crippen molar-refractivity contribution in [3.63, 3.8) is 0 Å². The van der Waals surface area contributed by atoms with Crippen LogP contribution in [0, 0.1) is 0 Å². The molecule has 1 atom stereocenters. The van der Waals surface area contributed by atoms with Crippen LogP contribution in [0.2, 0.25) is 0 Å². The number of hydrogen-bond donors (Lipinski definition) is 1. The standard InChI is InChI=1S/C14H32N2O/c1-5-6-7-9-14(2)15-10-12-16(3)11-8-13-17-4/h14-15H,5-13H2,1-4H3. The molecule has 0 aromatic rings. The van der Waals surface area contributed by atoms with Crippen LogP contribution in [0.5, 0.6) is 0 Å². The van der Waals surface area contributed by atoms with Gasteiger partial charge >= 0.3 is 0 Å². The summed E-state index contributed by atoms with van der Waals surface area (Å²) >= 11 is 0. The second-order valence-electron chi connectivity index (χ2n) is 5.00. The number of ether oxygens (including phenoxy) is 1. The first-order valence-electron chi connectivity index (χ1n) is 7.11. The van der Waals surface area contributed by atoms with Gasteiger partial charge < -0.3 is 15.0 Å². The number of nitrogens with one attached hydrogen (secondary N) is 1. The van der Waals surface area contributed by atoms with Crippen molar-refractivity contribution in [1.29, 1.82) is 0 Å². The summed E-state index contributed by atoms with van der Waals surface area (Å²) < 4.78 is 5.05. The quantitative estimate of drug-likeness (QED) is 0.534. The minimum Gasteiger partial charge on any atom is -0.385 e. The van der Waals surface area contributed by atoms with Gasteiger partial charge in [0.15, 0.2) is 0 Å². The Kier molecular flexibility index (Phi) is 12.3. The lowest BCUT2D eigenvalue weighted by molar-refractivity contribution is 0.179. The zero-order chi connectivity index (χ0) is 12.9. The fourth-order valence-corrected chi connectivity index (χ4v) is 1.90. The molecule has 17 heavy (non-hydrogen) atoms. The van der Waals surface area contributed by atoms with E-state index in [1.54, 1.807) is 7.11 Å². The molecule has 0 radical (unpaired) electrons. The molecule has 3 heteroatoms. The van der Waals surface area contributed by atoms with Crippen LogP contribution in [0.4, 0.5) is 0 Å². The second-order valence-corrected chi connectivity index (χ2v) is 5.00. The lowest BCUT2D eigenvalue weighted by Gasteiger charge is -2.19. The molecule has 1 unspecified atom stereocenters. The first-order chi connectivity index (χ1) is 8.20. The van der Waals surface area contributed by atoms with E-state index in [0.29, 0.717) is 6.04 Å². The van der Waals surface area contributed by atoms with Crippen LogP contribution >= 0.6 is 0 Å². The molecule has 0 saturated carbocycles. The number of likely N-dealkylation sites (N-methyl/N-ethyl adjacent to an activating group) is 1. The molecule has 0 heterocycles. The van der Waals surface area contributed by atoms with Crippen molar-refractivity contribution in [1.82, 2.24) is 10.2 Å². The molecule has 0 saturated heterocycles. The Hall–Kier alpha value is -0.120. The average molecular weight is 244 g/mol. The Bertz CT molecular complexity index is 137. The highest BCUT2D eigenvalue weighted by Crippen LogP contribution is 2.02. The van der Waals surface area contributed by atoms with E-state index in [2.05, 4.69) is 31.1 Å². The Labute approximate surface area is 108 Å². The van der Waals surface area contributed by atoms with E-state index in [1.165, 1.54) is 25.7 Å². The van der Waals surface area contributed by atoms with Crippen molar-refractivity contribution < 1.29 is 4.74 Å². The first kappa shape index (κ1) is 16.9. The zero-order valence-corrected chi connectivity index (χ0v) is 12.3. The molecule has 1 N–H and O–H groups in total. The first-order valence-corrected chi connectivity index (χ1v) is 7.11. The van der Waals surface area contributed by atoms with Crippen LogP contribution < -0.4 is 5.32 Å². The van der Waals surface area contributed by atoms with Gasteiger partial charge in [0.05, 0.1) is 0 Å². The van der Waals surface area contributed by atoms with Crippen molar-refractivity contribution in [3.05, 3.63) is 0 Å². The van der Waals surface area contributed by atoms with Crippen LogP contribution in [-0.2, 0) is 4.74 Å². The van der Waals surface area contributed by atoms with E-state index >= 15 is 0 Å². The fraction of sp³-hybridized carbons (Fsp3) is 1.00. The van der Waals surface area contributed by atoms with Gasteiger partial charge in [-0.1, -0.05) is 26.2 Å². The third-order valence-corrected chi connectivity index (χ3v) is 3.12. The molecular weight excluding hydrogens is 212 g/mol. The summed E-state index contributed by atoms with van der Waals surface area (Å²) in [6, 6.07) is 0.661. The minimum atomic E-state index is 0.661. The van der Waals surface area contributed by atoms with Gasteiger partial charge in [0.1, 0.15) is 0 Å². The summed E-state index contributed by atoms with van der Waals surface area (Å²) in [5.41, 5.74) is 0. The smallest absolute Gasteiger partial charge is 0.0474 e. The van der Waals surface area contributed by atoms with Crippen molar-refractivity contribution >= 4 is 0 Å². The summed E-state index contributed by atoms with van der Waals surface area (Å²) in [4.78, 5) is 2.37. The maximum absolute atomic E-state index is 5.05. The molecule has 3 nitrogen and oxygen atoms in total. The number of nitrogens with zero attached hydrogens (tertiary/aromatic N) is 1. The van der Waals surface area contributed by atoms with Crippen molar-refractivity contribution in [2.75, 3.05) is 40.4 Å².